The van der Waals surface area contributed by atoms with E-state index in [0.717, 1.165) is 12.0 Å². The maximum absolute atomic E-state index is 13.1. The molecule has 1 aromatic carbocycles. The van der Waals surface area contributed by atoms with Crippen LogP contribution in [-0.4, -0.2) is 70.9 Å². The lowest BCUT2D eigenvalue weighted by atomic mass is 10.0. The van der Waals surface area contributed by atoms with Gasteiger partial charge in [0.1, 0.15) is 21.2 Å². The van der Waals surface area contributed by atoms with Gasteiger partial charge < -0.3 is 29.9 Å². The topological polar surface area (TPSA) is 121 Å². The molecule has 3 N–H and O–H groups in total. The fraction of sp³-hybridized carbons (Fsp3) is 0.522. The first-order chi connectivity index (χ1) is 15.6. The van der Waals surface area contributed by atoms with Gasteiger partial charge in [0.2, 0.25) is 0 Å². The van der Waals surface area contributed by atoms with Crippen molar-refractivity contribution in [2.75, 3.05) is 26.8 Å². The van der Waals surface area contributed by atoms with Crippen LogP contribution in [0.5, 0.6) is 5.75 Å². The first-order valence-electron chi connectivity index (χ1n) is 10.9. The Morgan fingerprint density at radius 3 is 2.85 bits per heavy atom. The summed E-state index contributed by atoms with van der Waals surface area (Å²) in [6, 6.07) is 4.64. The van der Waals surface area contributed by atoms with Gasteiger partial charge in [0.15, 0.2) is 6.10 Å². The minimum Gasteiger partial charge on any atom is -0.493 e. The van der Waals surface area contributed by atoms with Crippen LogP contribution in [0, 0.1) is 6.92 Å². The SMILES string of the molecule is COC(C)(C)c1nc(C)c(C(=O)N2C[C@@H](O)[C@H](NC(=O)C(O)c3cccc4c3OCC4)C2)s1. The second-order valence-electron chi connectivity index (χ2n) is 8.88. The fourth-order valence-electron chi connectivity index (χ4n) is 4.04. The highest BCUT2D eigenvalue weighted by atomic mass is 32.1. The number of aliphatic hydroxyl groups excluding tert-OH is 2. The van der Waals surface area contributed by atoms with E-state index in [-0.39, 0.29) is 19.0 Å². The molecule has 0 radical (unpaired) electrons. The number of nitrogens with one attached hydrogen (secondary N) is 1. The fourth-order valence-corrected chi connectivity index (χ4v) is 5.15. The highest BCUT2D eigenvalue weighted by Gasteiger charge is 2.38. The van der Waals surface area contributed by atoms with Gasteiger partial charge in [-0.1, -0.05) is 18.2 Å². The van der Waals surface area contributed by atoms with Crippen molar-refractivity contribution in [1.29, 1.82) is 0 Å². The van der Waals surface area contributed by atoms with Crippen molar-refractivity contribution in [3.8, 4) is 5.75 Å². The molecule has 3 atom stereocenters. The molecule has 3 heterocycles. The summed E-state index contributed by atoms with van der Waals surface area (Å²) in [6.07, 6.45) is -1.65. The lowest BCUT2D eigenvalue weighted by molar-refractivity contribution is -0.131. The molecule has 0 bridgehead atoms. The van der Waals surface area contributed by atoms with Crippen LogP contribution in [0.15, 0.2) is 18.2 Å². The number of ether oxygens (including phenoxy) is 2. The molecule has 1 saturated heterocycles. The maximum Gasteiger partial charge on any atom is 0.266 e. The monoisotopic (exact) mass is 475 g/mol. The number of β-amino-alcohol motifs (C(OH)–C–C–N with tert-alkyl or cyclic N) is 1. The number of amides is 2. The van der Waals surface area contributed by atoms with E-state index in [0.29, 0.717) is 33.5 Å². The average molecular weight is 476 g/mol. The van der Waals surface area contributed by atoms with Crippen LogP contribution >= 0.6 is 11.3 Å². The second kappa shape index (κ2) is 9.02. The van der Waals surface area contributed by atoms with E-state index in [1.165, 1.54) is 16.2 Å². The molecule has 2 amide bonds. The number of hydrogen-bond acceptors (Lipinski definition) is 8. The van der Waals surface area contributed by atoms with Crippen molar-refractivity contribution >= 4 is 23.2 Å². The first-order valence-corrected chi connectivity index (χ1v) is 11.7. The maximum atomic E-state index is 13.1. The Labute approximate surface area is 196 Å². The van der Waals surface area contributed by atoms with Crippen LogP contribution in [0.25, 0.3) is 0 Å². The summed E-state index contributed by atoms with van der Waals surface area (Å²) in [5.74, 6) is -0.358. The molecule has 1 fully saturated rings. The van der Waals surface area contributed by atoms with Gasteiger partial charge in [-0.2, -0.15) is 0 Å². The largest absolute Gasteiger partial charge is 0.493 e. The third-order valence-corrected chi connectivity index (χ3v) is 7.66. The van der Waals surface area contributed by atoms with E-state index in [9.17, 15) is 19.8 Å². The lowest BCUT2D eigenvalue weighted by Gasteiger charge is -2.20. The van der Waals surface area contributed by atoms with Gasteiger partial charge in [0.25, 0.3) is 11.8 Å². The van der Waals surface area contributed by atoms with Crippen LogP contribution in [0.4, 0.5) is 0 Å². The number of methoxy groups -OCH3 is 1. The molecule has 4 rings (SSSR count). The third kappa shape index (κ3) is 4.48. The van der Waals surface area contributed by atoms with Gasteiger partial charge in [0.05, 0.1) is 24.4 Å². The lowest BCUT2D eigenvalue weighted by Crippen LogP contribution is -2.45. The average Bonchev–Trinajstić information content (AvgIpc) is 3.51. The molecule has 2 aliphatic heterocycles. The molecule has 0 aliphatic carbocycles. The standard InChI is InChI=1S/C23H29N3O6S/c1-12-19(33-22(24-12)23(2,3)31-4)21(30)26-10-15(16(27)11-26)25-20(29)17(28)14-7-5-6-13-8-9-32-18(13)14/h5-7,15-17,27-28H,8-11H2,1-4H3,(H,25,29)/t15-,16-,17?/m1/s1. The smallest absolute Gasteiger partial charge is 0.266 e. The molecule has 33 heavy (non-hydrogen) atoms. The highest BCUT2D eigenvalue weighted by molar-refractivity contribution is 7.14. The Morgan fingerprint density at radius 1 is 1.36 bits per heavy atom. The van der Waals surface area contributed by atoms with E-state index in [2.05, 4.69) is 10.3 Å². The van der Waals surface area contributed by atoms with Crippen molar-refractivity contribution < 1.29 is 29.3 Å². The van der Waals surface area contributed by atoms with Gasteiger partial charge in [-0.3, -0.25) is 9.59 Å². The number of para-hydroxylation sites is 1. The zero-order valence-electron chi connectivity index (χ0n) is 19.1. The molecule has 1 unspecified atom stereocenters. The number of likely N-dealkylation sites (tertiary alicyclic amines) is 1. The van der Waals surface area contributed by atoms with Crippen LogP contribution in [0.3, 0.4) is 0 Å². The zero-order valence-corrected chi connectivity index (χ0v) is 19.9. The van der Waals surface area contributed by atoms with Crippen molar-refractivity contribution in [3.63, 3.8) is 0 Å². The van der Waals surface area contributed by atoms with Crippen LogP contribution in [0.1, 0.15) is 51.5 Å². The molecule has 10 heteroatoms. The summed E-state index contributed by atoms with van der Waals surface area (Å²) in [6.45, 7) is 6.24. The summed E-state index contributed by atoms with van der Waals surface area (Å²) in [4.78, 5) is 32.3. The van der Waals surface area contributed by atoms with E-state index < -0.39 is 29.8 Å². The van der Waals surface area contributed by atoms with Gasteiger partial charge in [0, 0.05) is 32.2 Å². The van der Waals surface area contributed by atoms with Gasteiger partial charge in [-0.15, -0.1) is 11.3 Å². The van der Waals surface area contributed by atoms with E-state index in [1.54, 1.807) is 26.2 Å². The van der Waals surface area contributed by atoms with Crippen LogP contribution < -0.4 is 10.1 Å². The molecular weight excluding hydrogens is 446 g/mol. The number of fused-ring (bicyclic) bond motifs is 1. The predicted octanol–water partition coefficient (Wildman–Crippen LogP) is 1.30. The molecule has 2 aromatic rings. The van der Waals surface area contributed by atoms with Crippen LogP contribution in [-0.2, 0) is 21.6 Å². The number of hydrogen-bond donors (Lipinski definition) is 3. The number of thiazole rings is 1. The van der Waals surface area contributed by atoms with Crippen LogP contribution in [0.2, 0.25) is 0 Å². The quantitative estimate of drug-likeness (QED) is 0.576. The summed E-state index contributed by atoms with van der Waals surface area (Å²) in [5.41, 5.74) is 1.33. The number of aliphatic hydroxyl groups is 2. The normalized spacial score (nSPS) is 21.0. The Hall–Kier alpha value is -2.53. The number of benzene rings is 1. The van der Waals surface area contributed by atoms with Crippen molar-refractivity contribution in [2.45, 2.75) is 51.0 Å². The Kier molecular flexibility index (Phi) is 6.45. The minimum absolute atomic E-state index is 0.0735. The van der Waals surface area contributed by atoms with Crippen molar-refractivity contribution in [2.24, 2.45) is 0 Å². The van der Waals surface area contributed by atoms with E-state index in [1.807, 2.05) is 19.9 Å². The number of aryl methyl sites for hydroxylation is 1. The molecule has 2 aliphatic rings. The molecule has 1 aromatic heterocycles. The van der Waals surface area contributed by atoms with E-state index >= 15 is 0 Å². The molecule has 9 nitrogen and oxygen atoms in total. The number of carbonyl (C=O) groups is 2. The van der Waals surface area contributed by atoms with Crippen molar-refractivity contribution in [3.05, 3.63) is 44.9 Å². The number of rotatable bonds is 6. The zero-order chi connectivity index (χ0) is 23.9. The van der Waals surface area contributed by atoms with Gasteiger partial charge >= 0.3 is 0 Å². The van der Waals surface area contributed by atoms with E-state index in [4.69, 9.17) is 9.47 Å². The Balaban J connectivity index is 1.43. The molecule has 0 saturated carbocycles. The predicted molar refractivity (Wildman–Crippen MR) is 121 cm³/mol. The highest BCUT2D eigenvalue weighted by Crippen LogP contribution is 2.34. The second-order valence-corrected chi connectivity index (χ2v) is 9.88. The number of nitrogens with zero attached hydrogens (tertiary/aromatic N) is 2. The third-order valence-electron chi connectivity index (χ3n) is 6.21. The summed E-state index contributed by atoms with van der Waals surface area (Å²) < 4.78 is 11.0. The first kappa shape index (κ1) is 23.6. The minimum atomic E-state index is -1.43. The summed E-state index contributed by atoms with van der Waals surface area (Å²) >= 11 is 1.27. The number of aromatic nitrogens is 1. The molecular formula is C23H29N3O6S. The Morgan fingerprint density at radius 2 is 2.12 bits per heavy atom. The Bertz CT molecular complexity index is 1070. The summed E-state index contributed by atoms with van der Waals surface area (Å²) in [7, 11) is 1.59. The van der Waals surface area contributed by atoms with Gasteiger partial charge in [-0.25, -0.2) is 4.98 Å². The summed E-state index contributed by atoms with van der Waals surface area (Å²) in [5, 5.41) is 24.5. The number of carbonyl (C=O) groups excluding carboxylic acids is 2. The molecule has 178 valence electrons. The molecule has 0 spiro atoms. The van der Waals surface area contributed by atoms with Gasteiger partial charge in [-0.05, 0) is 26.3 Å². The van der Waals surface area contributed by atoms with Crippen molar-refractivity contribution in [1.82, 2.24) is 15.2 Å².